The molecule has 0 radical (unpaired) electrons. The van der Waals surface area contributed by atoms with Crippen molar-refractivity contribution in [3.63, 3.8) is 0 Å². The molecule has 5 aromatic heterocycles. The normalized spacial score (nSPS) is 9.22. The van der Waals surface area contributed by atoms with Gasteiger partial charge in [-0.25, -0.2) is 15.0 Å². The molecule has 0 saturated carbocycles. The van der Waals surface area contributed by atoms with Gasteiger partial charge in [0, 0.05) is 17.6 Å². The minimum Gasteiger partial charge on any atom is -0.335 e. The molecule has 0 fully saturated rings. The Bertz CT molecular complexity index is 1190. The number of hydrogen-bond donors (Lipinski definition) is 0. The molecule has 0 atom stereocenters. The Labute approximate surface area is 252 Å². The number of thiazole rings is 1. The summed E-state index contributed by atoms with van der Waals surface area (Å²) in [6.45, 7) is 21.8. The molecule has 0 bridgehead atoms. The van der Waals surface area contributed by atoms with E-state index in [1.54, 1.807) is 36.6 Å². The van der Waals surface area contributed by atoms with Crippen molar-refractivity contribution in [1.82, 2.24) is 54.3 Å². The zero-order valence-electron chi connectivity index (χ0n) is 24.6. The summed E-state index contributed by atoms with van der Waals surface area (Å²) in [6.07, 6.45) is 0. The third-order valence-electron chi connectivity index (χ3n) is 4.84. The lowest BCUT2D eigenvalue weighted by Crippen LogP contribution is -1.92. The largest absolute Gasteiger partial charge is 0.335 e. The molecule has 5 aromatic rings. The topological polar surface area (TPSA) is 126 Å². The number of tetrazole rings is 1. The van der Waals surface area contributed by atoms with Crippen LogP contribution < -0.4 is 0 Å². The number of rotatable bonds is 0. The predicted octanol–water partition coefficient (Wildman–Crippen LogP) is 6.51. The first-order chi connectivity index (χ1) is 17.7. The maximum atomic E-state index is 4.27. The highest BCUT2D eigenvalue weighted by Gasteiger charge is 2.00. The van der Waals surface area contributed by atoms with E-state index in [1.807, 2.05) is 62.4 Å². The van der Waals surface area contributed by atoms with Crippen molar-refractivity contribution >= 4 is 34.2 Å². The van der Waals surface area contributed by atoms with E-state index in [-0.39, 0.29) is 14.9 Å². The summed E-state index contributed by atoms with van der Waals surface area (Å²) in [4.78, 5) is 15.3. The van der Waals surface area contributed by atoms with Crippen molar-refractivity contribution in [1.29, 1.82) is 0 Å². The van der Waals surface area contributed by atoms with E-state index in [0.29, 0.717) is 5.82 Å². The first-order valence-electron chi connectivity index (χ1n) is 11.8. The Morgan fingerprint density at radius 1 is 0.575 bits per heavy atom. The monoisotopic (exact) mass is 609 g/mol. The molecular weight excluding hydrogens is 563 g/mol. The van der Waals surface area contributed by atoms with Crippen molar-refractivity contribution in [2.45, 2.75) is 91.0 Å². The zero-order chi connectivity index (χ0) is 29.0. The molecule has 0 aromatic carbocycles. The van der Waals surface area contributed by atoms with Gasteiger partial charge in [-0.15, -0.1) is 43.1 Å². The number of imidazole rings is 1. The van der Waals surface area contributed by atoms with Gasteiger partial charge < -0.3 is 4.57 Å². The molecule has 0 N–H and O–H groups in total. The second-order valence-electron chi connectivity index (χ2n) is 8.29. The first kappa shape index (κ1) is 39.2. The maximum absolute atomic E-state index is 4.27. The highest BCUT2D eigenvalue weighted by Crippen LogP contribution is 2.14. The fourth-order valence-electron chi connectivity index (χ4n) is 2.69. The molecule has 14 heteroatoms. The van der Waals surface area contributed by atoms with Crippen molar-refractivity contribution in [2.75, 3.05) is 0 Å². The van der Waals surface area contributed by atoms with E-state index in [1.165, 1.54) is 37.6 Å². The number of hydrogen-bond acceptors (Lipinski definition) is 12. The molecule has 224 valence electrons. The van der Waals surface area contributed by atoms with Crippen molar-refractivity contribution in [2.24, 2.45) is 14.1 Å². The van der Waals surface area contributed by atoms with Crippen LogP contribution in [0.1, 0.15) is 74.3 Å². The standard InChI is InChI=1S/C7H12N2.C6H9NS.2C4H6N2S.C3H6N4.2CH4/c1-5-6(2)9(4)7(3)8-5;1-4-5(2)8-6(3)7-4;1-3-5-6-4(2)7-3;1-3-5-4(2)7-6-3;1-3-4-6-7(2)5-3;;/h1-4H3;1-3H3;3*1-2H3;2*1H4. The third kappa shape index (κ3) is 15.0. The van der Waals surface area contributed by atoms with Gasteiger partial charge in [-0.2, -0.15) is 9.17 Å². The van der Waals surface area contributed by atoms with Gasteiger partial charge in [0.2, 0.25) is 0 Å². The Morgan fingerprint density at radius 2 is 1.15 bits per heavy atom. The van der Waals surface area contributed by atoms with E-state index < -0.39 is 0 Å². The van der Waals surface area contributed by atoms with Crippen LogP contribution in [0.3, 0.4) is 0 Å². The highest BCUT2D eigenvalue weighted by atomic mass is 32.1. The van der Waals surface area contributed by atoms with E-state index in [4.69, 9.17) is 0 Å². The lowest BCUT2D eigenvalue weighted by molar-refractivity contribution is 0.629. The van der Waals surface area contributed by atoms with Crippen LogP contribution in [-0.2, 0) is 14.1 Å². The highest BCUT2D eigenvalue weighted by molar-refractivity contribution is 7.11. The van der Waals surface area contributed by atoms with Gasteiger partial charge in [0.05, 0.1) is 23.4 Å². The van der Waals surface area contributed by atoms with Crippen LogP contribution in [0.2, 0.25) is 0 Å². The lowest BCUT2D eigenvalue weighted by atomic mass is 10.4. The van der Waals surface area contributed by atoms with Gasteiger partial charge in [0.25, 0.3) is 0 Å². The van der Waals surface area contributed by atoms with Crippen LogP contribution in [0.5, 0.6) is 0 Å². The molecule has 0 saturated heterocycles. The summed E-state index contributed by atoms with van der Waals surface area (Å²) in [6, 6.07) is 0. The molecule has 40 heavy (non-hydrogen) atoms. The Morgan fingerprint density at radius 3 is 1.27 bits per heavy atom. The van der Waals surface area contributed by atoms with Gasteiger partial charge >= 0.3 is 0 Å². The summed E-state index contributed by atoms with van der Waals surface area (Å²) in [5.74, 6) is 2.68. The Balaban J connectivity index is 0. The second-order valence-corrected chi connectivity index (χ2v) is 12.0. The van der Waals surface area contributed by atoms with Crippen LogP contribution in [0.15, 0.2) is 0 Å². The quantitative estimate of drug-likeness (QED) is 0.193. The zero-order valence-corrected chi connectivity index (χ0v) is 27.1. The minimum atomic E-state index is 0. The van der Waals surface area contributed by atoms with E-state index in [9.17, 15) is 0 Å². The smallest absolute Gasteiger partial charge is 0.171 e. The average molecular weight is 610 g/mol. The summed E-state index contributed by atoms with van der Waals surface area (Å²) in [5, 5.41) is 22.8. The molecule has 0 aliphatic heterocycles. The Hall–Kier alpha value is -2.97. The van der Waals surface area contributed by atoms with Crippen LogP contribution in [0.25, 0.3) is 0 Å². The van der Waals surface area contributed by atoms with Gasteiger partial charge in [0.15, 0.2) is 5.82 Å². The van der Waals surface area contributed by atoms with E-state index >= 15 is 0 Å². The summed E-state index contributed by atoms with van der Waals surface area (Å²) in [5.41, 5.74) is 3.56. The van der Waals surface area contributed by atoms with Crippen LogP contribution in [0.4, 0.5) is 0 Å². The molecule has 0 unspecified atom stereocenters. The third-order valence-corrected chi connectivity index (χ3v) is 7.30. The Kier molecular flexibility index (Phi) is 18.8. The number of aromatic nitrogens is 11. The van der Waals surface area contributed by atoms with Crippen molar-refractivity contribution in [3.05, 3.63) is 59.5 Å². The summed E-state index contributed by atoms with van der Waals surface area (Å²) in [7, 11) is 3.77. The molecule has 0 aliphatic carbocycles. The molecule has 11 nitrogen and oxygen atoms in total. The van der Waals surface area contributed by atoms with Gasteiger partial charge in [-0.3, -0.25) is 0 Å². The van der Waals surface area contributed by atoms with Gasteiger partial charge in [0.1, 0.15) is 26.7 Å². The fourth-order valence-corrected chi connectivity index (χ4v) is 4.58. The molecule has 5 heterocycles. The average Bonchev–Trinajstić information content (AvgIpc) is 3.62. The van der Waals surface area contributed by atoms with Crippen molar-refractivity contribution < 1.29 is 0 Å². The summed E-state index contributed by atoms with van der Waals surface area (Å²) < 4.78 is 6.04. The lowest BCUT2D eigenvalue weighted by Gasteiger charge is -1.94. The van der Waals surface area contributed by atoms with Crippen LogP contribution in [0, 0.1) is 76.2 Å². The first-order valence-corrected chi connectivity index (χ1v) is 14.2. The molecule has 5 rings (SSSR count). The van der Waals surface area contributed by atoms with Gasteiger partial charge in [-0.05, 0) is 92.9 Å². The SMILES string of the molecule is C.C.Cc1nc(C)c(C)s1.Cc1nc(C)n(C)c1C.Cc1nnc(C)s1.Cc1nnn(C)n1.Cc1nsc(C)n1. The maximum Gasteiger partial charge on any atom is 0.171 e. The number of nitrogens with zero attached hydrogens (tertiary/aromatic N) is 11. The van der Waals surface area contributed by atoms with Crippen LogP contribution in [-0.4, -0.2) is 54.3 Å². The molecular formula is C26H47N11S3. The fraction of sp³-hybridized carbons (Fsp3) is 0.577. The number of aryl methyl sites for hydroxylation is 11. The van der Waals surface area contributed by atoms with E-state index in [0.717, 1.165) is 32.4 Å². The second kappa shape index (κ2) is 19.2. The minimum absolute atomic E-state index is 0. The van der Waals surface area contributed by atoms with E-state index in [2.05, 4.69) is 63.3 Å². The molecule has 0 amide bonds. The molecule has 0 spiro atoms. The van der Waals surface area contributed by atoms with Gasteiger partial charge in [-0.1, -0.05) is 14.9 Å². The van der Waals surface area contributed by atoms with Crippen molar-refractivity contribution in [3.8, 4) is 0 Å². The predicted molar refractivity (Wildman–Crippen MR) is 170 cm³/mol. The van der Waals surface area contributed by atoms with Crippen LogP contribution >= 0.6 is 34.2 Å². The summed E-state index contributed by atoms with van der Waals surface area (Å²) >= 11 is 4.82. The molecule has 0 aliphatic rings.